The standard InChI is InChI=1S/C17H19Cl2N7.HI/c1-20-17(22-9-13-7-14(18)15(19)26(13)2)21-8-11-4-3-5-12(6-11)16-23-10-24-25-16;/h3-7,10H,8-9H2,1-2H3,(H2,20,21,22)(H,23,24,25);1H. The zero-order valence-electron chi connectivity index (χ0n) is 14.8. The van der Waals surface area contributed by atoms with E-state index in [4.69, 9.17) is 23.2 Å². The maximum Gasteiger partial charge on any atom is 0.191 e. The van der Waals surface area contributed by atoms with E-state index in [1.165, 1.54) is 6.33 Å². The predicted molar refractivity (Wildman–Crippen MR) is 120 cm³/mol. The molecule has 3 N–H and O–H groups in total. The average Bonchev–Trinajstić information content (AvgIpc) is 3.27. The minimum absolute atomic E-state index is 0. The molecule has 0 atom stereocenters. The molecule has 0 radical (unpaired) electrons. The van der Waals surface area contributed by atoms with Gasteiger partial charge in [0, 0.05) is 31.9 Å². The lowest BCUT2D eigenvalue weighted by Crippen LogP contribution is -2.36. The first-order valence-electron chi connectivity index (χ1n) is 7.97. The van der Waals surface area contributed by atoms with Gasteiger partial charge in [-0.1, -0.05) is 41.4 Å². The number of hydrogen-bond donors (Lipinski definition) is 3. The molecule has 0 saturated heterocycles. The van der Waals surface area contributed by atoms with Crippen LogP contribution in [0, 0.1) is 0 Å². The minimum Gasteiger partial charge on any atom is -0.352 e. The molecule has 0 fully saturated rings. The summed E-state index contributed by atoms with van der Waals surface area (Å²) in [6, 6.07) is 9.90. The van der Waals surface area contributed by atoms with Gasteiger partial charge >= 0.3 is 0 Å². The normalized spacial score (nSPS) is 11.2. The van der Waals surface area contributed by atoms with Crippen LogP contribution in [0.3, 0.4) is 0 Å². The van der Waals surface area contributed by atoms with E-state index in [-0.39, 0.29) is 24.0 Å². The number of guanidine groups is 1. The third-order valence-corrected chi connectivity index (χ3v) is 4.79. The zero-order valence-corrected chi connectivity index (χ0v) is 18.7. The van der Waals surface area contributed by atoms with Crippen LogP contribution in [0.1, 0.15) is 11.3 Å². The van der Waals surface area contributed by atoms with E-state index in [0.717, 1.165) is 22.6 Å². The van der Waals surface area contributed by atoms with Crippen LogP contribution >= 0.6 is 47.2 Å². The fourth-order valence-electron chi connectivity index (χ4n) is 2.51. The first-order chi connectivity index (χ1) is 12.6. The second-order valence-corrected chi connectivity index (χ2v) is 6.41. The number of halogens is 3. The van der Waals surface area contributed by atoms with E-state index in [1.54, 1.807) is 7.05 Å². The molecular weight excluding hydrogens is 500 g/mol. The molecule has 3 aromatic rings. The summed E-state index contributed by atoms with van der Waals surface area (Å²) in [4.78, 5) is 8.41. The Hall–Kier alpha value is -1.78. The van der Waals surface area contributed by atoms with Gasteiger partial charge in [-0.25, -0.2) is 4.98 Å². The summed E-state index contributed by atoms with van der Waals surface area (Å²) in [6.45, 7) is 1.18. The molecule has 0 aliphatic rings. The molecule has 144 valence electrons. The third kappa shape index (κ3) is 5.36. The van der Waals surface area contributed by atoms with Crippen LogP contribution < -0.4 is 10.6 Å². The molecule has 0 amide bonds. The minimum atomic E-state index is 0. The first kappa shape index (κ1) is 21.5. The van der Waals surface area contributed by atoms with Crippen molar-refractivity contribution in [3.63, 3.8) is 0 Å². The lowest BCUT2D eigenvalue weighted by Gasteiger charge is -2.13. The molecule has 10 heteroatoms. The van der Waals surface area contributed by atoms with E-state index in [0.29, 0.717) is 29.2 Å². The van der Waals surface area contributed by atoms with E-state index < -0.39 is 0 Å². The number of nitrogens with zero attached hydrogens (tertiary/aromatic N) is 4. The summed E-state index contributed by atoms with van der Waals surface area (Å²) in [5, 5.41) is 14.3. The van der Waals surface area contributed by atoms with E-state index in [9.17, 15) is 0 Å². The number of benzene rings is 1. The van der Waals surface area contributed by atoms with Crippen molar-refractivity contribution < 1.29 is 0 Å². The topological polar surface area (TPSA) is 82.9 Å². The van der Waals surface area contributed by atoms with Crippen molar-refractivity contribution >= 4 is 53.1 Å². The van der Waals surface area contributed by atoms with Crippen LogP contribution in [0.5, 0.6) is 0 Å². The van der Waals surface area contributed by atoms with Crippen LogP contribution in [0.4, 0.5) is 0 Å². The van der Waals surface area contributed by atoms with Gasteiger partial charge in [-0.15, -0.1) is 24.0 Å². The number of aromatic nitrogens is 4. The molecule has 1 aromatic carbocycles. The largest absolute Gasteiger partial charge is 0.352 e. The first-order valence-corrected chi connectivity index (χ1v) is 8.73. The molecule has 0 aliphatic carbocycles. The molecule has 2 heterocycles. The summed E-state index contributed by atoms with van der Waals surface area (Å²) < 4.78 is 1.84. The molecule has 3 rings (SSSR count). The predicted octanol–water partition coefficient (Wildman–Crippen LogP) is 3.60. The molecule has 0 aliphatic heterocycles. The van der Waals surface area contributed by atoms with Gasteiger partial charge < -0.3 is 15.2 Å². The third-order valence-electron chi connectivity index (χ3n) is 3.95. The fraction of sp³-hybridized carbons (Fsp3) is 0.235. The van der Waals surface area contributed by atoms with E-state index in [1.807, 2.05) is 35.9 Å². The maximum atomic E-state index is 6.09. The Labute approximate surface area is 184 Å². The van der Waals surface area contributed by atoms with Gasteiger partial charge in [0.2, 0.25) is 0 Å². The van der Waals surface area contributed by atoms with Crippen LogP contribution in [0.2, 0.25) is 10.2 Å². The Morgan fingerprint density at radius 3 is 2.63 bits per heavy atom. The van der Waals surface area contributed by atoms with Gasteiger partial charge in [0.25, 0.3) is 0 Å². The summed E-state index contributed by atoms with van der Waals surface area (Å²) in [6.07, 6.45) is 1.49. The van der Waals surface area contributed by atoms with E-state index >= 15 is 0 Å². The van der Waals surface area contributed by atoms with Crippen molar-refractivity contribution in [2.45, 2.75) is 13.1 Å². The van der Waals surface area contributed by atoms with Crippen molar-refractivity contribution in [3.8, 4) is 11.4 Å². The monoisotopic (exact) mass is 519 g/mol. The van der Waals surface area contributed by atoms with Crippen LogP contribution in [-0.2, 0) is 20.1 Å². The van der Waals surface area contributed by atoms with Crippen molar-refractivity contribution in [1.29, 1.82) is 0 Å². The van der Waals surface area contributed by atoms with E-state index in [2.05, 4.69) is 36.9 Å². The molecule has 7 nitrogen and oxygen atoms in total. The summed E-state index contributed by atoms with van der Waals surface area (Å²) in [7, 11) is 3.60. The van der Waals surface area contributed by atoms with Gasteiger partial charge in [0.05, 0.1) is 11.6 Å². The molecule has 0 spiro atoms. The van der Waals surface area contributed by atoms with Crippen LogP contribution in [0.25, 0.3) is 11.4 Å². The zero-order chi connectivity index (χ0) is 18.5. The lowest BCUT2D eigenvalue weighted by molar-refractivity contribution is 0.750. The van der Waals surface area contributed by atoms with Crippen molar-refractivity contribution in [1.82, 2.24) is 30.4 Å². The van der Waals surface area contributed by atoms with Crippen molar-refractivity contribution in [2.24, 2.45) is 12.0 Å². The van der Waals surface area contributed by atoms with Gasteiger partial charge in [0.15, 0.2) is 11.8 Å². The molecule has 2 aromatic heterocycles. The van der Waals surface area contributed by atoms with Crippen molar-refractivity contribution in [3.05, 3.63) is 58.1 Å². The number of aliphatic imine (C=N–C) groups is 1. The summed E-state index contributed by atoms with van der Waals surface area (Å²) >= 11 is 12.1. The van der Waals surface area contributed by atoms with Crippen LogP contribution in [0.15, 0.2) is 41.7 Å². The Kier molecular flexibility index (Phi) is 7.93. The lowest BCUT2D eigenvalue weighted by atomic mass is 10.1. The Balaban J connectivity index is 0.00000261. The summed E-state index contributed by atoms with van der Waals surface area (Å²) in [5.41, 5.74) is 3.06. The number of rotatable bonds is 5. The SMILES string of the molecule is CN=C(NCc1cccc(-c2ncn[nH]2)c1)NCc1cc(Cl)c(Cl)n1C.I. The highest BCUT2D eigenvalue weighted by Crippen LogP contribution is 2.24. The highest BCUT2D eigenvalue weighted by atomic mass is 127. The second kappa shape index (κ2) is 9.95. The highest BCUT2D eigenvalue weighted by Gasteiger charge is 2.09. The smallest absolute Gasteiger partial charge is 0.191 e. The van der Waals surface area contributed by atoms with Gasteiger partial charge in [-0.3, -0.25) is 10.1 Å². The van der Waals surface area contributed by atoms with Gasteiger partial charge in [0.1, 0.15) is 11.5 Å². The maximum absolute atomic E-state index is 6.09. The quantitative estimate of drug-likeness (QED) is 0.273. The Morgan fingerprint density at radius 1 is 1.22 bits per heavy atom. The van der Waals surface area contributed by atoms with Gasteiger partial charge in [-0.2, -0.15) is 5.10 Å². The number of nitrogens with one attached hydrogen (secondary N) is 3. The molecule has 0 saturated carbocycles. The van der Waals surface area contributed by atoms with Crippen molar-refractivity contribution in [2.75, 3.05) is 7.05 Å². The molecule has 0 bridgehead atoms. The number of H-pyrrole nitrogens is 1. The fourth-order valence-corrected chi connectivity index (χ4v) is 2.93. The molecular formula is C17H20Cl2IN7. The van der Waals surface area contributed by atoms with Gasteiger partial charge in [-0.05, 0) is 17.7 Å². The van der Waals surface area contributed by atoms with Crippen LogP contribution in [-0.4, -0.2) is 32.8 Å². The summed E-state index contributed by atoms with van der Waals surface area (Å²) in [5.74, 6) is 1.43. The molecule has 27 heavy (non-hydrogen) atoms. The average molecular weight is 520 g/mol. The number of aromatic amines is 1. The molecule has 0 unspecified atom stereocenters. The Morgan fingerprint density at radius 2 is 2.00 bits per heavy atom. The number of hydrogen-bond acceptors (Lipinski definition) is 3. The Bertz CT molecular complexity index is 906. The second-order valence-electron chi connectivity index (χ2n) is 5.65. The highest BCUT2D eigenvalue weighted by molar-refractivity contribution is 14.0.